The van der Waals surface area contributed by atoms with Crippen molar-refractivity contribution in [3.05, 3.63) is 33.9 Å². The van der Waals surface area contributed by atoms with Crippen molar-refractivity contribution in [2.75, 3.05) is 0 Å². The molecule has 0 spiro atoms. The first-order chi connectivity index (χ1) is 7.34. The Morgan fingerprint density at radius 2 is 2.13 bits per heavy atom. The average molecular weight is 251 g/mol. The van der Waals surface area contributed by atoms with Gasteiger partial charge >= 0.3 is 0 Å². The Balaban J connectivity index is 2.34. The van der Waals surface area contributed by atoms with E-state index in [2.05, 4.69) is 9.97 Å². The molecule has 0 aromatic carbocycles. The van der Waals surface area contributed by atoms with Crippen LogP contribution >= 0.6 is 34.9 Å². The van der Waals surface area contributed by atoms with E-state index < -0.39 is 0 Å². The number of fused-ring (bicyclic) bond motifs is 1. The lowest BCUT2D eigenvalue weighted by Gasteiger charge is -1.96. The van der Waals surface area contributed by atoms with E-state index in [9.17, 15) is 0 Å². The normalized spacial score (nSPS) is 10.9. The van der Waals surface area contributed by atoms with Gasteiger partial charge in [-0.15, -0.1) is 22.7 Å². The Bertz CT molecular complexity index is 651. The lowest BCUT2D eigenvalue weighted by Crippen LogP contribution is -1.94. The highest BCUT2D eigenvalue weighted by atomic mass is 32.1. The van der Waals surface area contributed by atoms with Crippen LogP contribution in [0.25, 0.3) is 15.7 Å². The summed E-state index contributed by atoms with van der Waals surface area (Å²) < 4.78 is 2.38. The summed E-state index contributed by atoms with van der Waals surface area (Å²) in [6, 6.07) is 3.98. The van der Waals surface area contributed by atoms with Crippen molar-refractivity contribution in [3.8, 4) is 10.7 Å². The van der Waals surface area contributed by atoms with E-state index in [4.69, 9.17) is 12.2 Å². The fraction of sp³-hybridized carbons (Fsp3) is 0. The van der Waals surface area contributed by atoms with E-state index in [0.717, 1.165) is 15.7 Å². The highest BCUT2D eigenvalue weighted by Crippen LogP contribution is 2.22. The molecule has 6 heteroatoms. The summed E-state index contributed by atoms with van der Waals surface area (Å²) in [6.07, 6.45) is 1.89. The van der Waals surface area contributed by atoms with Gasteiger partial charge in [-0.1, -0.05) is 6.07 Å². The van der Waals surface area contributed by atoms with Crippen molar-refractivity contribution in [1.29, 1.82) is 0 Å². The van der Waals surface area contributed by atoms with Gasteiger partial charge < -0.3 is 0 Å². The monoisotopic (exact) mass is 251 g/mol. The molecule has 0 saturated carbocycles. The van der Waals surface area contributed by atoms with Gasteiger partial charge in [-0.05, 0) is 23.7 Å². The Morgan fingerprint density at radius 1 is 1.20 bits per heavy atom. The number of aromatic nitrogens is 3. The predicted molar refractivity (Wildman–Crippen MR) is 65.0 cm³/mol. The zero-order valence-corrected chi connectivity index (χ0v) is 9.90. The molecule has 3 aromatic rings. The van der Waals surface area contributed by atoms with Crippen molar-refractivity contribution >= 4 is 39.9 Å². The number of hydrogen-bond acceptors (Lipinski definition) is 5. The van der Waals surface area contributed by atoms with Crippen LogP contribution in [0.2, 0.25) is 0 Å². The van der Waals surface area contributed by atoms with Crippen LogP contribution in [0.15, 0.2) is 29.1 Å². The molecule has 0 radical (unpaired) electrons. The van der Waals surface area contributed by atoms with Crippen LogP contribution in [0.4, 0.5) is 0 Å². The van der Waals surface area contributed by atoms with Crippen LogP contribution in [0.1, 0.15) is 0 Å². The van der Waals surface area contributed by atoms with Crippen LogP contribution in [0.3, 0.4) is 0 Å². The number of thiazole rings is 1. The zero-order valence-electron chi connectivity index (χ0n) is 7.45. The van der Waals surface area contributed by atoms with Gasteiger partial charge in [0.05, 0.1) is 4.88 Å². The van der Waals surface area contributed by atoms with Gasteiger partial charge in [-0.3, -0.25) is 4.40 Å². The zero-order chi connectivity index (χ0) is 10.3. The minimum atomic E-state index is 0.560. The summed E-state index contributed by atoms with van der Waals surface area (Å²) in [5.74, 6) is 0.720. The van der Waals surface area contributed by atoms with Crippen LogP contribution in [-0.4, -0.2) is 14.4 Å². The second-order valence-electron chi connectivity index (χ2n) is 2.86. The minimum absolute atomic E-state index is 0.560. The molecular formula is C9H5N3S3. The van der Waals surface area contributed by atoms with Crippen molar-refractivity contribution in [1.82, 2.24) is 14.4 Å². The molecule has 3 nitrogen and oxygen atoms in total. The molecule has 0 N–H and O–H groups in total. The third-order valence-corrected chi connectivity index (χ3v) is 3.85. The summed E-state index contributed by atoms with van der Waals surface area (Å²) in [4.78, 5) is 10.7. The number of hydrogen-bond donors (Lipinski definition) is 0. The number of rotatable bonds is 1. The Kier molecular flexibility index (Phi) is 2.12. The molecule has 0 amide bonds. The third kappa shape index (κ3) is 1.50. The van der Waals surface area contributed by atoms with Crippen molar-refractivity contribution in [2.45, 2.75) is 0 Å². The smallest absolute Gasteiger partial charge is 0.208 e. The molecule has 0 fully saturated rings. The molecule has 3 rings (SSSR count). The van der Waals surface area contributed by atoms with E-state index in [1.807, 2.05) is 33.5 Å². The van der Waals surface area contributed by atoms with Crippen LogP contribution in [0, 0.1) is 4.77 Å². The van der Waals surface area contributed by atoms with Gasteiger partial charge in [0.2, 0.25) is 4.77 Å². The van der Waals surface area contributed by atoms with Gasteiger partial charge in [0.15, 0.2) is 10.8 Å². The maximum atomic E-state index is 5.19. The standard InChI is InChI=1S/C9H5N3S3/c13-8-10-7(6-2-1-4-14-6)11-9-12(8)3-5-15-9/h1-5H. The summed E-state index contributed by atoms with van der Waals surface area (Å²) in [5, 5.41) is 3.96. The topological polar surface area (TPSA) is 30.2 Å². The maximum Gasteiger partial charge on any atom is 0.208 e. The molecule has 3 heterocycles. The Morgan fingerprint density at radius 3 is 2.93 bits per heavy atom. The highest BCUT2D eigenvalue weighted by Gasteiger charge is 2.05. The van der Waals surface area contributed by atoms with Gasteiger partial charge in [0.1, 0.15) is 0 Å². The summed E-state index contributed by atoms with van der Waals surface area (Å²) >= 11 is 8.37. The second kappa shape index (κ2) is 3.48. The summed E-state index contributed by atoms with van der Waals surface area (Å²) in [5.41, 5.74) is 0. The van der Waals surface area contributed by atoms with Crippen LogP contribution in [0.5, 0.6) is 0 Å². The molecule has 0 aliphatic heterocycles. The molecule has 0 atom stereocenters. The summed E-state index contributed by atoms with van der Waals surface area (Å²) in [6.45, 7) is 0. The molecule has 15 heavy (non-hydrogen) atoms. The second-order valence-corrected chi connectivity index (χ2v) is 5.05. The quantitative estimate of drug-likeness (QED) is 0.622. The van der Waals surface area contributed by atoms with E-state index in [0.29, 0.717) is 4.77 Å². The first-order valence-electron chi connectivity index (χ1n) is 4.22. The largest absolute Gasteiger partial charge is 0.267 e. The van der Waals surface area contributed by atoms with Gasteiger partial charge in [0.25, 0.3) is 0 Å². The molecule has 0 unspecified atom stereocenters. The molecular weight excluding hydrogens is 246 g/mol. The van der Waals surface area contributed by atoms with E-state index in [1.54, 1.807) is 22.7 Å². The van der Waals surface area contributed by atoms with Crippen molar-refractivity contribution in [2.24, 2.45) is 0 Å². The lowest BCUT2D eigenvalue weighted by atomic mass is 10.4. The molecule has 0 bridgehead atoms. The SMILES string of the molecule is S=c1nc(-c2cccs2)nc2sccn12. The summed E-state index contributed by atoms with van der Waals surface area (Å²) in [7, 11) is 0. The molecule has 0 aliphatic rings. The van der Waals surface area contributed by atoms with Gasteiger partial charge in [-0.2, -0.15) is 9.97 Å². The van der Waals surface area contributed by atoms with Crippen LogP contribution < -0.4 is 0 Å². The Labute approximate surface area is 98.7 Å². The first kappa shape index (κ1) is 9.14. The number of nitrogens with zero attached hydrogens (tertiary/aromatic N) is 3. The van der Waals surface area contributed by atoms with E-state index in [1.165, 1.54) is 0 Å². The molecule has 74 valence electrons. The minimum Gasteiger partial charge on any atom is -0.267 e. The van der Waals surface area contributed by atoms with E-state index in [-0.39, 0.29) is 0 Å². The van der Waals surface area contributed by atoms with Gasteiger partial charge in [-0.25, -0.2) is 0 Å². The average Bonchev–Trinajstić information content (AvgIpc) is 2.88. The predicted octanol–water partition coefficient (Wildman–Crippen LogP) is 3.25. The first-order valence-corrected chi connectivity index (χ1v) is 6.39. The number of thiophene rings is 1. The highest BCUT2D eigenvalue weighted by molar-refractivity contribution is 7.71. The third-order valence-electron chi connectivity index (χ3n) is 1.94. The lowest BCUT2D eigenvalue weighted by molar-refractivity contribution is 1.02. The van der Waals surface area contributed by atoms with Crippen LogP contribution in [-0.2, 0) is 0 Å². The van der Waals surface area contributed by atoms with E-state index >= 15 is 0 Å². The van der Waals surface area contributed by atoms with Crippen molar-refractivity contribution in [3.63, 3.8) is 0 Å². The Hall–Kier alpha value is -1.11. The molecule has 3 aromatic heterocycles. The van der Waals surface area contributed by atoms with Gasteiger partial charge in [0, 0.05) is 11.6 Å². The fourth-order valence-corrected chi connectivity index (χ4v) is 2.93. The fourth-order valence-electron chi connectivity index (χ4n) is 1.27. The maximum absolute atomic E-state index is 5.19. The molecule has 0 saturated heterocycles. The molecule has 0 aliphatic carbocycles. The van der Waals surface area contributed by atoms with Crippen molar-refractivity contribution < 1.29 is 0 Å².